The third-order valence-corrected chi connectivity index (χ3v) is 2.93. The van der Waals surface area contributed by atoms with Gasteiger partial charge in [0.1, 0.15) is 0 Å². The van der Waals surface area contributed by atoms with Gasteiger partial charge in [-0.15, -0.1) is 0 Å². The average molecular weight is 254 g/mol. The van der Waals surface area contributed by atoms with Gasteiger partial charge in [-0.2, -0.15) is 0 Å². The topological polar surface area (TPSA) is 84.2 Å². The maximum Gasteiger partial charge on any atom is 0.322 e. The van der Waals surface area contributed by atoms with Crippen LogP contribution >= 0.6 is 11.6 Å². The lowest BCUT2D eigenvalue weighted by Gasteiger charge is -2.28. The first kappa shape index (κ1) is 11.9. The first-order valence-electron chi connectivity index (χ1n) is 5.17. The molecule has 1 aromatic carbocycles. The van der Waals surface area contributed by atoms with Crippen molar-refractivity contribution in [2.24, 2.45) is 11.7 Å². The van der Waals surface area contributed by atoms with Gasteiger partial charge in [-0.3, -0.25) is 10.1 Å². The van der Waals surface area contributed by atoms with Crippen LogP contribution in [0.4, 0.5) is 4.79 Å². The van der Waals surface area contributed by atoms with Crippen LogP contribution in [0.3, 0.4) is 0 Å². The van der Waals surface area contributed by atoms with Crippen molar-refractivity contribution in [3.63, 3.8) is 0 Å². The Bertz CT molecular complexity index is 447. The van der Waals surface area contributed by atoms with Crippen molar-refractivity contribution in [1.82, 2.24) is 10.6 Å². The number of nitrogens with two attached hydrogens (primary N) is 1. The van der Waals surface area contributed by atoms with Crippen molar-refractivity contribution >= 4 is 23.5 Å². The van der Waals surface area contributed by atoms with E-state index in [2.05, 4.69) is 10.6 Å². The number of halogens is 1. The summed E-state index contributed by atoms with van der Waals surface area (Å²) in [7, 11) is 0. The summed E-state index contributed by atoms with van der Waals surface area (Å²) in [6, 6.07) is 6.62. The summed E-state index contributed by atoms with van der Waals surface area (Å²) in [5.41, 5.74) is 6.66. The van der Waals surface area contributed by atoms with E-state index in [0.29, 0.717) is 11.4 Å². The maximum atomic E-state index is 11.6. The van der Waals surface area contributed by atoms with Crippen LogP contribution < -0.4 is 16.4 Å². The van der Waals surface area contributed by atoms with Crippen molar-refractivity contribution in [2.45, 2.75) is 12.6 Å². The van der Waals surface area contributed by atoms with E-state index in [4.69, 9.17) is 17.3 Å². The highest BCUT2D eigenvalue weighted by Crippen LogP contribution is 2.16. The molecule has 0 spiro atoms. The number of carbonyl (C=O) groups excluding carboxylic acids is 2. The van der Waals surface area contributed by atoms with Crippen LogP contribution in [0.5, 0.6) is 0 Å². The second kappa shape index (κ2) is 4.73. The number of hydrogen-bond acceptors (Lipinski definition) is 3. The SMILES string of the molecule is NC1NC(=O)NC(=O)C1Cc1ccc(Cl)cc1. The molecule has 1 aromatic rings. The summed E-state index contributed by atoms with van der Waals surface area (Å²) in [5.74, 6) is -0.815. The molecule has 5 nitrogen and oxygen atoms in total. The Morgan fingerprint density at radius 3 is 2.47 bits per heavy atom. The minimum Gasteiger partial charge on any atom is -0.322 e. The quantitative estimate of drug-likeness (QED) is 0.723. The van der Waals surface area contributed by atoms with Crippen molar-refractivity contribution < 1.29 is 9.59 Å². The van der Waals surface area contributed by atoms with Crippen LogP contribution in [0.1, 0.15) is 5.56 Å². The minimum atomic E-state index is -0.660. The average Bonchev–Trinajstić information content (AvgIpc) is 2.26. The number of benzene rings is 1. The van der Waals surface area contributed by atoms with Crippen molar-refractivity contribution in [1.29, 1.82) is 0 Å². The first-order chi connectivity index (χ1) is 8.06. The van der Waals surface area contributed by atoms with Crippen molar-refractivity contribution in [3.8, 4) is 0 Å². The molecular weight excluding hydrogens is 242 g/mol. The Morgan fingerprint density at radius 1 is 1.24 bits per heavy atom. The zero-order valence-corrected chi connectivity index (χ0v) is 9.70. The molecule has 2 rings (SSSR count). The lowest BCUT2D eigenvalue weighted by atomic mass is 9.94. The van der Waals surface area contributed by atoms with Gasteiger partial charge in [-0.05, 0) is 24.1 Å². The van der Waals surface area contributed by atoms with Gasteiger partial charge in [-0.25, -0.2) is 4.79 Å². The number of urea groups is 1. The van der Waals surface area contributed by atoms with Gasteiger partial charge in [0.25, 0.3) is 0 Å². The smallest absolute Gasteiger partial charge is 0.322 e. The fourth-order valence-electron chi connectivity index (χ4n) is 1.75. The molecule has 1 saturated heterocycles. The van der Waals surface area contributed by atoms with Gasteiger partial charge in [-0.1, -0.05) is 23.7 Å². The zero-order chi connectivity index (χ0) is 12.4. The van der Waals surface area contributed by atoms with Crippen LogP contribution in [0.25, 0.3) is 0 Å². The summed E-state index contributed by atoms with van der Waals surface area (Å²) >= 11 is 5.77. The van der Waals surface area contributed by atoms with E-state index in [1.807, 2.05) is 12.1 Å². The Balaban J connectivity index is 2.09. The van der Waals surface area contributed by atoms with Gasteiger partial charge in [0.15, 0.2) is 0 Å². The second-order valence-corrected chi connectivity index (χ2v) is 4.36. The predicted octanol–water partition coefficient (Wildman–Crippen LogP) is 0.623. The lowest BCUT2D eigenvalue weighted by molar-refractivity contribution is -0.125. The van der Waals surface area contributed by atoms with Crippen molar-refractivity contribution in [2.75, 3.05) is 0 Å². The third-order valence-electron chi connectivity index (χ3n) is 2.67. The molecule has 0 bridgehead atoms. The van der Waals surface area contributed by atoms with Crippen LogP contribution in [-0.4, -0.2) is 18.1 Å². The molecule has 3 amide bonds. The third kappa shape index (κ3) is 2.75. The van der Waals surface area contributed by atoms with Crippen molar-refractivity contribution in [3.05, 3.63) is 34.9 Å². The second-order valence-electron chi connectivity index (χ2n) is 3.93. The molecule has 1 aliphatic heterocycles. The molecule has 4 N–H and O–H groups in total. The largest absolute Gasteiger partial charge is 0.322 e. The minimum absolute atomic E-state index is 0.351. The van der Waals surface area contributed by atoms with E-state index >= 15 is 0 Å². The molecule has 90 valence electrons. The Hall–Kier alpha value is -1.59. The van der Waals surface area contributed by atoms with Crippen LogP contribution in [0.15, 0.2) is 24.3 Å². The molecule has 1 aliphatic rings. The molecule has 0 aromatic heterocycles. The molecule has 17 heavy (non-hydrogen) atoms. The van der Waals surface area contributed by atoms with Gasteiger partial charge in [0.05, 0.1) is 12.1 Å². The van der Waals surface area contributed by atoms with E-state index < -0.39 is 18.1 Å². The van der Waals surface area contributed by atoms with Gasteiger partial charge in [0.2, 0.25) is 5.91 Å². The number of amides is 3. The maximum absolute atomic E-state index is 11.6. The number of hydrogen-bond donors (Lipinski definition) is 3. The Kier molecular flexibility index (Phi) is 3.31. The zero-order valence-electron chi connectivity index (χ0n) is 8.94. The van der Waals surface area contributed by atoms with E-state index in [1.165, 1.54) is 0 Å². The molecular formula is C11H12ClN3O2. The lowest BCUT2D eigenvalue weighted by Crippen LogP contribution is -2.62. The molecule has 1 fully saturated rings. The molecule has 6 heteroatoms. The van der Waals surface area contributed by atoms with E-state index in [1.54, 1.807) is 12.1 Å². The highest BCUT2D eigenvalue weighted by molar-refractivity contribution is 6.30. The standard InChI is InChI=1S/C11H12ClN3O2/c12-7-3-1-6(2-4-7)5-8-9(13)14-11(17)15-10(8)16/h1-4,8-9H,5,13H2,(H2,14,15,16,17). The van der Waals surface area contributed by atoms with E-state index in [-0.39, 0.29) is 5.91 Å². The Morgan fingerprint density at radius 2 is 1.88 bits per heavy atom. The molecule has 0 aliphatic carbocycles. The summed E-state index contributed by atoms with van der Waals surface area (Å²) in [4.78, 5) is 22.6. The number of rotatable bonds is 2. The van der Waals surface area contributed by atoms with Crippen LogP contribution in [-0.2, 0) is 11.2 Å². The molecule has 2 unspecified atom stereocenters. The van der Waals surface area contributed by atoms with Gasteiger partial charge in [0, 0.05) is 5.02 Å². The Labute approximate surface area is 103 Å². The molecule has 0 saturated carbocycles. The van der Waals surface area contributed by atoms with Crippen LogP contribution in [0.2, 0.25) is 5.02 Å². The van der Waals surface area contributed by atoms with Crippen LogP contribution in [0, 0.1) is 5.92 Å². The number of nitrogens with one attached hydrogen (secondary N) is 2. The summed E-state index contributed by atoms with van der Waals surface area (Å²) in [6.07, 6.45) is -0.198. The predicted molar refractivity (Wildman–Crippen MR) is 63.3 cm³/mol. The molecule has 0 radical (unpaired) electrons. The molecule has 2 atom stereocenters. The highest BCUT2D eigenvalue weighted by Gasteiger charge is 2.32. The number of imide groups is 1. The normalized spacial score (nSPS) is 24.1. The summed E-state index contributed by atoms with van der Waals surface area (Å²) < 4.78 is 0. The van der Waals surface area contributed by atoms with E-state index in [0.717, 1.165) is 5.56 Å². The van der Waals surface area contributed by atoms with E-state index in [9.17, 15) is 9.59 Å². The summed E-state index contributed by atoms with van der Waals surface area (Å²) in [6.45, 7) is 0. The fourth-order valence-corrected chi connectivity index (χ4v) is 1.88. The van der Waals surface area contributed by atoms with Gasteiger partial charge >= 0.3 is 6.03 Å². The fraction of sp³-hybridized carbons (Fsp3) is 0.273. The monoisotopic (exact) mass is 253 g/mol. The highest BCUT2D eigenvalue weighted by atomic mass is 35.5. The molecule has 1 heterocycles. The first-order valence-corrected chi connectivity index (χ1v) is 5.55. The van der Waals surface area contributed by atoms with Gasteiger partial charge < -0.3 is 11.1 Å². The summed E-state index contributed by atoms with van der Waals surface area (Å²) in [5, 5.41) is 5.31. The number of carbonyl (C=O) groups is 2.